The molecule has 0 radical (unpaired) electrons. The molecule has 4 rings (SSSR count). The van der Waals surface area contributed by atoms with E-state index in [0.717, 1.165) is 4.57 Å². The number of alkyl halides is 2. The summed E-state index contributed by atoms with van der Waals surface area (Å²) in [7, 11) is -2.73. The van der Waals surface area contributed by atoms with Crippen LogP contribution in [-0.4, -0.2) is 73.7 Å². The van der Waals surface area contributed by atoms with E-state index in [1.165, 1.54) is 25.4 Å². The lowest BCUT2D eigenvalue weighted by atomic mass is 10.1. The number of hydrogen-bond donors (Lipinski definition) is 4. The molecule has 0 amide bonds. The van der Waals surface area contributed by atoms with Gasteiger partial charge in [0.25, 0.3) is 5.13 Å². The van der Waals surface area contributed by atoms with Crippen LogP contribution >= 0.6 is 19.3 Å². The number of nitrogen functional groups attached to an aromatic ring is 1. The van der Waals surface area contributed by atoms with Crippen molar-refractivity contribution < 1.29 is 37.4 Å². The molecule has 2 aromatic heterocycles. The number of halogens is 2. The monoisotopic (exact) mass is 601 g/mol. The van der Waals surface area contributed by atoms with E-state index in [9.17, 15) is 14.5 Å². The maximum atomic E-state index is 15.7. The van der Waals surface area contributed by atoms with Gasteiger partial charge in [-0.15, -0.1) is 0 Å². The summed E-state index contributed by atoms with van der Waals surface area (Å²) < 4.78 is 52.6. The number of para-hydroxylation sites is 1. The highest BCUT2D eigenvalue weighted by atomic mass is 35.5. The third kappa shape index (κ3) is 6.29. The van der Waals surface area contributed by atoms with Gasteiger partial charge in [-0.05, 0) is 32.9 Å². The number of aliphatic hydroxyl groups is 1. The van der Waals surface area contributed by atoms with Gasteiger partial charge in [-0.3, -0.25) is 13.9 Å². The summed E-state index contributed by atoms with van der Waals surface area (Å²) in [4.78, 5) is 24.7. The van der Waals surface area contributed by atoms with Crippen LogP contribution in [0.4, 0.5) is 16.2 Å². The molecule has 40 heavy (non-hydrogen) atoms. The summed E-state index contributed by atoms with van der Waals surface area (Å²) in [5.74, 6) is -0.376. The number of carbonyl (C=O) groups excluding carboxylic acids is 1. The average molecular weight is 602 g/mol. The largest absolute Gasteiger partial charge is 0.462 e. The summed E-state index contributed by atoms with van der Waals surface area (Å²) in [5, 5.41) is 13.2. The Bertz CT molecular complexity index is 1400. The molecule has 5 N–H and O–H groups in total. The van der Waals surface area contributed by atoms with Crippen LogP contribution in [0.25, 0.3) is 11.2 Å². The van der Waals surface area contributed by atoms with Gasteiger partial charge in [0.05, 0.1) is 19.0 Å². The third-order valence-corrected chi connectivity index (χ3v) is 7.80. The number of hydrogen-bond acceptors (Lipinski definition) is 12. The standard InChI is InChI=1S/C23H30ClFN7O7P/c1-12(2)37-20(34)13(3)31-40(35,39-14-8-6-5-7-9-14)36-10-15-17(33)23(24,25)21(38-15)32-11-28-16-18(27-4)29-22(26)30-19(16)32/h5-9,11-13,15,17,21,33H,10H2,1-4H3,(H,31,35)(H3,26,27,29,30)/t13-,15+,17+,21+,23+,40+/m0/s1. The van der Waals surface area contributed by atoms with Crippen molar-refractivity contribution in [1.82, 2.24) is 24.6 Å². The summed E-state index contributed by atoms with van der Waals surface area (Å²) in [6.07, 6.45) is -4.22. The molecular weight excluding hydrogens is 572 g/mol. The Kier molecular flexibility index (Phi) is 8.83. The minimum absolute atomic E-state index is 0.0931. The Morgan fingerprint density at radius 1 is 1.32 bits per heavy atom. The van der Waals surface area contributed by atoms with E-state index < -0.39 is 56.0 Å². The molecule has 14 nitrogen and oxygen atoms in total. The second kappa shape index (κ2) is 11.8. The molecule has 17 heteroatoms. The normalized spacial score (nSPS) is 25.1. The third-order valence-electron chi connectivity index (χ3n) is 5.74. The van der Waals surface area contributed by atoms with Crippen LogP contribution in [0.5, 0.6) is 5.75 Å². The number of esters is 1. The predicted molar refractivity (Wildman–Crippen MR) is 143 cm³/mol. The number of aliphatic hydroxyl groups excluding tert-OH is 1. The Morgan fingerprint density at radius 3 is 2.67 bits per heavy atom. The fourth-order valence-electron chi connectivity index (χ4n) is 3.89. The van der Waals surface area contributed by atoms with Crippen molar-refractivity contribution in [3.8, 4) is 5.75 Å². The van der Waals surface area contributed by atoms with E-state index in [-0.39, 0.29) is 28.7 Å². The second-order valence-corrected chi connectivity index (χ2v) is 11.5. The molecular formula is C23H30ClFN7O7P. The van der Waals surface area contributed by atoms with Gasteiger partial charge in [0.15, 0.2) is 23.2 Å². The van der Waals surface area contributed by atoms with Crippen molar-refractivity contribution in [1.29, 1.82) is 0 Å². The number of anilines is 2. The fourth-order valence-corrected chi connectivity index (χ4v) is 5.69. The van der Waals surface area contributed by atoms with Crippen molar-refractivity contribution in [2.45, 2.75) is 56.5 Å². The van der Waals surface area contributed by atoms with E-state index in [0.29, 0.717) is 0 Å². The molecule has 1 aliphatic rings. The highest BCUT2D eigenvalue weighted by molar-refractivity contribution is 7.52. The Labute approximate surface area is 233 Å². The van der Waals surface area contributed by atoms with Crippen LogP contribution in [-0.2, 0) is 23.4 Å². The van der Waals surface area contributed by atoms with Crippen LogP contribution in [0, 0.1) is 0 Å². The first-order valence-corrected chi connectivity index (χ1v) is 14.1. The number of fused-ring (bicyclic) bond motifs is 1. The number of imidazole rings is 1. The summed E-state index contributed by atoms with van der Waals surface area (Å²) in [6, 6.07) is 6.93. The highest BCUT2D eigenvalue weighted by Gasteiger charge is 2.58. The van der Waals surface area contributed by atoms with Gasteiger partial charge < -0.3 is 30.2 Å². The predicted octanol–water partition coefficient (Wildman–Crippen LogP) is 2.75. The quantitative estimate of drug-likeness (QED) is 0.143. The lowest BCUT2D eigenvalue weighted by Gasteiger charge is -2.25. The molecule has 1 saturated heterocycles. The van der Waals surface area contributed by atoms with Gasteiger partial charge >= 0.3 is 13.7 Å². The maximum Gasteiger partial charge on any atom is 0.459 e. The van der Waals surface area contributed by atoms with Gasteiger partial charge in [-0.2, -0.15) is 15.1 Å². The molecule has 1 aromatic carbocycles. The van der Waals surface area contributed by atoms with Gasteiger partial charge in [-0.1, -0.05) is 29.8 Å². The SMILES string of the molecule is CNc1nc(N)nc2c1ncn2[C@@H]1O[C@H](CO[P@](=O)(N[C@@H](C)C(=O)OC(C)C)Oc2ccccc2)[C@@H](O)[C@]1(F)Cl. The van der Waals surface area contributed by atoms with Crippen molar-refractivity contribution >= 4 is 48.2 Å². The number of rotatable bonds is 11. The number of benzene rings is 1. The van der Waals surface area contributed by atoms with Crippen LogP contribution in [0.2, 0.25) is 0 Å². The number of carbonyl (C=O) groups is 1. The minimum Gasteiger partial charge on any atom is -0.462 e. The molecule has 0 saturated carbocycles. The van der Waals surface area contributed by atoms with Crippen LogP contribution in [0.1, 0.15) is 27.0 Å². The first-order valence-electron chi connectivity index (χ1n) is 12.2. The van der Waals surface area contributed by atoms with Crippen molar-refractivity contribution in [3.63, 3.8) is 0 Å². The fraction of sp³-hybridized carbons (Fsp3) is 0.478. The number of nitrogens with one attached hydrogen (secondary N) is 2. The van der Waals surface area contributed by atoms with E-state index in [1.54, 1.807) is 39.1 Å². The lowest BCUT2D eigenvalue weighted by molar-refractivity contribution is -0.149. The van der Waals surface area contributed by atoms with E-state index in [1.807, 2.05) is 0 Å². The number of aromatic nitrogens is 4. The molecule has 0 spiro atoms. The average Bonchev–Trinajstić information content (AvgIpc) is 3.40. The summed E-state index contributed by atoms with van der Waals surface area (Å²) in [5.41, 5.74) is 6.12. The molecule has 3 aromatic rings. The van der Waals surface area contributed by atoms with Crippen molar-refractivity contribution in [2.75, 3.05) is 24.7 Å². The molecule has 0 unspecified atom stereocenters. The van der Waals surface area contributed by atoms with Crippen molar-refractivity contribution in [2.24, 2.45) is 0 Å². The maximum absolute atomic E-state index is 15.7. The van der Waals surface area contributed by atoms with Gasteiger partial charge in [0.2, 0.25) is 5.95 Å². The molecule has 3 heterocycles. The first kappa shape index (κ1) is 29.9. The van der Waals surface area contributed by atoms with Crippen molar-refractivity contribution in [3.05, 3.63) is 36.7 Å². The second-order valence-electron chi connectivity index (χ2n) is 9.18. The lowest BCUT2D eigenvalue weighted by Crippen LogP contribution is -2.40. The number of ether oxygens (including phenoxy) is 2. The van der Waals surface area contributed by atoms with Crippen LogP contribution in [0.3, 0.4) is 0 Å². The molecule has 0 bridgehead atoms. The molecule has 1 aliphatic heterocycles. The minimum atomic E-state index is -4.32. The van der Waals surface area contributed by atoms with E-state index in [2.05, 4.69) is 25.4 Å². The van der Waals surface area contributed by atoms with E-state index >= 15 is 4.39 Å². The van der Waals surface area contributed by atoms with Crippen LogP contribution in [0.15, 0.2) is 36.7 Å². The zero-order valence-corrected chi connectivity index (χ0v) is 23.7. The molecule has 0 aliphatic carbocycles. The molecule has 1 fully saturated rings. The Morgan fingerprint density at radius 2 is 2.02 bits per heavy atom. The summed E-state index contributed by atoms with van der Waals surface area (Å²) in [6.45, 7) is 4.09. The Balaban J connectivity index is 1.56. The van der Waals surface area contributed by atoms with Gasteiger partial charge in [0.1, 0.15) is 24.0 Å². The summed E-state index contributed by atoms with van der Waals surface area (Å²) >= 11 is 6.12. The zero-order chi connectivity index (χ0) is 29.2. The molecule has 6 atom stereocenters. The Hall–Kier alpha value is -3.07. The van der Waals surface area contributed by atoms with Gasteiger partial charge in [0, 0.05) is 7.05 Å². The van der Waals surface area contributed by atoms with E-state index in [4.69, 9.17) is 35.9 Å². The first-order chi connectivity index (χ1) is 18.8. The topological polar surface area (TPSA) is 185 Å². The van der Waals surface area contributed by atoms with Crippen LogP contribution < -0.4 is 20.7 Å². The highest BCUT2D eigenvalue weighted by Crippen LogP contribution is 2.49. The zero-order valence-electron chi connectivity index (χ0n) is 22.0. The number of nitrogens with two attached hydrogens (primary N) is 1. The van der Waals surface area contributed by atoms with Gasteiger partial charge in [-0.25, -0.2) is 13.9 Å². The molecule has 218 valence electrons. The smallest absolute Gasteiger partial charge is 0.459 e. The number of nitrogens with zero attached hydrogens (tertiary/aromatic N) is 4.